The molecule has 4 rings (SSSR count). The molecule has 9 heteroatoms. The first-order valence-corrected chi connectivity index (χ1v) is 10.9. The van der Waals surface area contributed by atoms with Gasteiger partial charge in [0.15, 0.2) is 5.03 Å². The molecule has 0 N–H and O–H groups in total. The van der Waals surface area contributed by atoms with Gasteiger partial charge in [-0.3, -0.25) is 0 Å². The molecule has 0 spiro atoms. The fraction of sp³-hybridized carbons (Fsp3) is 0.412. The average molecular weight is 392 g/mol. The Bertz CT molecular complexity index is 1020. The Morgan fingerprint density at radius 1 is 1.12 bits per heavy atom. The molecule has 3 aromatic rings. The van der Waals surface area contributed by atoms with E-state index in [2.05, 4.69) is 27.1 Å². The summed E-state index contributed by atoms with van der Waals surface area (Å²) in [6, 6.07) is 10.1. The molecule has 26 heavy (non-hydrogen) atoms. The Labute approximate surface area is 156 Å². The molecule has 3 heterocycles. The summed E-state index contributed by atoms with van der Waals surface area (Å²) in [7, 11) is -3.63. The number of para-hydroxylation sites is 1. The van der Waals surface area contributed by atoms with Crippen LogP contribution in [-0.2, 0) is 16.4 Å². The predicted molar refractivity (Wildman–Crippen MR) is 102 cm³/mol. The normalized spacial score (nSPS) is 16.5. The number of imidazole rings is 1. The molecule has 0 unspecified atom stereocenters. The summed E-state index contributed by atoms with van der Waals surface area (Å²) in [6.45, 7) is 6.03. The highest BCUT2D eigenvalue weighted by Gasteiger charge is 2.34. The van der Waals surface area contributed by atoms with E-state index in [0.29, 0.717) is 43.3 Å². The first kappa shape index (κ1) is 17.4. The number of sulfonamides is 1. The van der Waals surface area contributed by atoms with Gasteiger partial charge in [-0.2, -0.15) is 13.9 Å². The molecule has 0 atom stereocenters. The second-order valence-electron chi connectivity index (χ2n) is 6.26. The zero-order valence-electron chi connectivity index (χ0n) is 14.8. The van der Waals surface area contributed by atoms with Crippen LogP contribution in [0.2, 0.25) is 0 Å². The van der Waals surface area contributed by atoms with E-state index >= 15 is 0 Å². The van der Waals surface area contributed by atoms with Crippen LogP contribution in [0.1, 0.15) is 17.6 Å². The van der Waals surface area contributed by atoms with Gasteiger partial charge in [0, 0.05) is 31.9 Å². The van der Waals surface area contributed by atoms with Crippen molar-refractivity contribution in [2.24, 2.45) is 0 Å². The Kier molecular flexibility index (Phi) is 4.45. The SMILES string of the molecule is CCc1nc2sc(C)nn2c1S(=O)(=O)N1CCN(c2ccccc2)CC1. The van der Waals surface area contributed by atoms with E-state index in [1.54, 1.807) is 4.31 Å². The second-order valence-corrected chi connectivity index (χ2v) is 9.27. The van der Waals surface area contributed by atoms with Crippen molar-refractivity contribution in [2.45, 2.75) is 25.3 Å². The van der Waals surface area contributed by atoms with E-state index in [0.717, 1.165) is 10.7 Å². The lowest BCUT2D eigenvalue weighted by atomic mass is 10.2. The molecular weight excluding hydrogens is 370 g/mol. The fourth-order valence-corrected chi connectivity index (χ4v) is 5.84. The summed E-state index contributed by atoms with van der Waals surface area (Å²) in [5.74, 6) is 0. The summed E-state index contributed by atoms with van der Waals surface area (Å²) in [5, 5.41) is 5.40. The Hall–Kier alpha value is -1.97. The maximum absolute atomic E-state index is 13.3. The third kappa shape index (κ3) is 2.89. The molecule has 1 fully saturated rings. The quantitative estimate of drug-likeness (QED) is 0.682. The van der Waals surface area contributed by atoms with Gasteiger partial charge in [-0.25, -0.2) is 13.4 Å². The van der Waals surface area contributed by atoms with Crippen molar-refractivity contribution in [3.05, 3.63) is 41.0 Å². The van der Waals surface area contributed by atoms with Crippen molar-refractivity contribution in [1.29, 1.82) is 0 Å². The summed E-state index contributed by atoms with van der Waals surface area (Å²) < 4.78 is 29.7. The maximum Gasteiger partial charge on any atom is 0.262 e. The largest absolute Gasteiger partial charge is 0.369 e. The van der Waals surface area contributed by atoms with Crippen molar-refractivity contribution in [2.75, 3.05) is 31.1 Å². The lowest BCUT2D eigenvalue weighted by molar-refractivity contribution is 0.382. The van der Waals surface area contributed by atoms with Crippen LogP contribution >= 0.6 is 11.3 Å². The third-order valence-electron chi connectivity index (χ3n) is 4.61. The molecule has 0 radical (unpaired) electrons. The number of benzene rings is 1. The van der Waals surface area contributed by atoms with E-state index < -0.39 is 10.0 Å². The third-order valence-corrected chi connectivity index (χ3v) is 7.38. The van der Waals surface area contributed by atoms with Crippen LogP contribution in [0.3, 0.4) is 0 Å². The number of anilines is 1. The Balaban J connectivity index is 1.62. The molecule has 1 saturated heterocycles. The second kappa shape index (κ2) is 6.64. The molecule has 0 bridgehead atoms. The predicted octanol–water partition coefficient (Wildman–Crippen LogP) is 2.17. The number of nitrogens with zero attached hydrogens (tertiary/aromatic N) is 5. The molecule has 0 saturated carbocycles. The topological polar surface area (TPSA) is 70.8 Å². The molecule has 0 aliphatic carbocycles. The number of rotatable bonds is 4. The van der Waals surface area contributed by atoms with Gasteiger partial charge < -0.3 is 4.90 Å². The van der Waals surface area contributed by atoms with Gasteiger partial charge in [0.05, 0.1) is 5.69 Å². The van der Waals surface area contributed by atoms with Gasteiger partial charge in [-0.1, -0.05) is 36.5 Å². The van der Waals surface area contributed by atoms with Crippen molar-refractivity contribution in [3.63, 3.8) is 0 Å². The zero-order chi connectivity index (χ0) is 18.3. The Morgan fingerprint density at radius 2 is 1.81 bits per heavy atom. The van der Waals surface area contributed by atoms with Crippen LogP contribution < -0.4 is 4.90 Å². The molecule has 1 aliphatic rings. The van der Waals surface area contributed by atoms with Crippen LogP contribution in [0.15, 0.2) is 35.4 Å². The van der Waals surface area contributed by atoms with Crippen LogP contribution in [0, 0.1) is 6.92 Å². The van der Waals surface area contributed by atoms with Crippen molar-refractivity contribution in [1.82, 2.24) is 18.9 Å². The van der Waals surface area contributed by atoms with Crippen molar-refractivity contribution < 1.29 is 8.42 Å². The van der Waals surface area contributed by atoms with Gasteiger partial charge in [0.2, 0.25) is 4.96 Å². The molecular formula is C17H21N5O2S2. The summed E-state index contributed by atoms with van der Waals surface area (Å²) in [5.41, 5.74) is 1.72. The van der Waals surface area contributed by atoms with Crippen LogP contribution in [0.4, 0.5) is 5.69 Å². The summed E-state index contributed by atoms with van der Waals surface area (Å²) in [4.78, 5) is 7.33. The molecule has 138 valence electrons. The Morgan fingerprint density at radius 3 is 2.46 bits per heavy atom. The van der Waals surface area contributed by atoms with E-state index in [4.69, 9.17) is 0 Å². The van der Waals surface area contributed by atoms with E-state index in [1.165, 1.54) is 15.9 Å². The van der Waals surface area contributed by atoms with Gasteiger partial charge in [0.25, 0.3) is 10.0 Å². The van der Waals surface area contributed by atoms with Gasteiger partial charge in [-0.15, -0.1) is 0 Å². The van der Waals surface area contributed by atoms with E-state index in [1.807, 2.05) is 32.0 Å². The summed E-state index contributed by atoms with van der Waals surface area (Å²) >= 11 is 1.41. The lowest BCUT2D eigenvalue weighted by Crippen LogP contribution is -2.49. The highest BCUT2D eigenvalue weighted by atomic mass is 32.2. The number of hydrogen-bond acceptors (Lipinski definition) is 6. The number of fused-ring (bicyclic) bond motifs is 1. The van der Waals surface area contributed by atoms with Crippen molar-refractivity contribution in [3.8, 4) is 0 Å². The maximum atomic E-state index is 13.3. The molecule has 1 aliphatic heterocycles. The molecule has 0 amide bonds. The average Bonchev–Trinajstić information content (AvgIpc) is 3.18. The van der Waals surface area contributed by atoms with E-state index in [9.17, 15) is 8.42 Å². The lowest BCUT2D eigenvalue weighted by Gasteiger charge is -2.35. The zero-order valence-corrected chi connectivity index (χ0v) is 16.4. The number of piperazine rings is 1. The molecule has 7 nitrogen and oxygen atoms in total. The van der Waals surface area contributed by atoms with Crippen molar-refractivity contribution >= 4 is 32.0 Å². The first-order valence-electron chi connectivity index (χ1n) is 8.66. The smallest absolute Gasteiger partial charge is 0.262 e. The van der Waals surface area contributed by atoms with Crippen LogP contribution in [0.25, 0.3) is 4.96 Å². The minimum atomic E-state index is -3.63. The van der Waals surface area contributed by atoms with Gasteiger partial charge >= 0.3 is 0 Å². The van der Waals surface area contributed by atoms with E-state index in [-0.39, 0.29) is 5.03 Å². The number of aromatic nitrogens is 3. The fourth-order valence-electron chi connectivity index (χ4n) is 3.30. The molecule has 2 aromatic heterocycles. The van der Waals surface area contributed by atoms with Crippen LogP contribution in [-0.4, -0.2) is 53.5 Å². The van der Waals surface area contributed by atoms with Gasteiger partial charge in [-0.05, 0) is 25.5 Å². The van der Waals surface area contributed by atoms with Crippen LogP contribution in [0.5, 0.6) is 0 Å². The standard InChI is InChI=1S/C17H21N5O2S2/c1-3-15-16(22-17(18-15)25-13(2)19-22)26(23,24)21-11-9-20(10-12-21)14-7-5-4-6-8-14/h4-8H,3,9-12H2,1-2H3. The minimum Gasteiger partial charge on any atom is -0.369 e. The summed E-state index contributed by atoms with van der Waals surface area (Å²) in [6.07, 6.45) is 0.563. The minimum absolute atomic E-state index is 0.229. The monoisotopic (exact) mass is 391 g/mol. The number of aryl methyl sites for hydroxylation is 2. The highest BCUT2D eigenvalue weighted by molar-refractivity contribution is 7.89. The number of hydrogen-bond donors (Lipinski definition) is 0. The highest BCUT2D eigenvalue weighted by Crippen LogP contribution is 2.27. The van der Waals surface area contributed by atoms with Gasteiger partial charge in [0.1, 0.15) is 5.01 Å². The molecule has 1 aromatic carbocycles. The first-order chi connectivity index (χ1) is 12.5.